The Morgan fingerprint density at radius 3 is 2.26 bits per heavy atom. The zero-order valence-corrected chi connectivity index (χ0v) is 24.2. The first-order valence-electron chi connectivity index (χ1n) is 13.4. The molecule has 0 aliphatic heterocycles. The number of aryl methyl sites for hydroxylation is 1. The first kappa shape index (κ1) is 30.8. The average Bonchev–Trinajstić information content (AvgIpc) is 3.26. The predicted octanol–water partition coefficient (Wildman–Crippen LogP) is 5.57. The number of rotatable bonds is 10. The molecule has 4 rings (SSSR count). The number of halogens is 3. The number of nitrogens with one attached hydrogen (secondary N) is 1. The SMILES string of the molecule is CCCCc1nn(-c2ccccc2C(F)(F)F)c(=O)n1Cc1ccc(-c2ccccc2S(=O)(=O)NC(=O)C(C)C)cc1. The topological polar surface area (TPSA) is 103 Å². The summed E-state index contributed by atoms with van der Waals surface area (Å²) in [5.41, 5.74) is -0.393. The van der Waals surface area contributed by atoms with Crippen molar-refractivity contribution in [2.45, 2.75) is 57.7 Å². The van der Waals surface area contributed by atoms with E-state index in [1.165, 1.54) is 28.8 Å². The quantitative estimate of drug-likeness (QED) is 0.256. The van der Waals surface area contributed by atoms with Gasteiger partial charge in [0.1, 0.15) is 5.82 Å². The Morgan fingerprint density at radius 2 is 1.62 bits per heavy atom. The second kappa shape index (κ2) is 12.4. The van der Waals surface area contributed by atoms with Crippen molar-refractivity contribution >= 4 is 15.9 Å². The highest BCUT2D eigenvalue weighted by atomic mass is 32.2. The van der Waals surface area contributed by atoms with E-state index in [2.05, 4.69) is 9.82 Å². The van der Waals surface area contributed by atoms with E-state index in [1.54, 1.807) is 56.3 Å². The molecule has 1 N–H and O–H groups in total. The molecule has 8 nitrogen and oxygen atoms in total. The molecular formula is C30H31F3N4O4S. The van der Waals surface area contributed by atoms with E-state index in [0.29, 0.717) is 35.4 Å². The number of carbonyl (C=O) groups excluding carboxylic acids is 1. The van der Waals surface area contributed by atoms with Gasteiger partial charge in [-0.2, -0.15) is 17.9 Å². The maximum Gasteiger partial charge on any atom is 0.418 e. The van der Waals surface area contributed by atoms with Crippen molar-refractivity contribution in [1.82, 2.24) is 19.1 Å². The lowest BCUT2D eigenvalue weighted by molar-refractivity contribution is -0.137. The van der Waals surface area contributed by atoms with Crippen LogP contribution in [0.15, 0.2) is 82.5 Å². The molecule has 12 heteroatoms. The van der Waals surface area contributed by atoms with Crippen LogP contribution in [-0.2, 0) is 34.0 Å². The number of unbranched alkanes of at least 4 members (excludes halogenated alkanes) is 1. The average molecular weight is 601 g/mol. The first-order valence-corrected chi connectivity index (χ1v) is 14.9. The second-order valence-corrected chi connectivity index (χ2v) is 11.8. The third-order valence-corrected chi connectivity index (χ3v) is 8.08. The van der Waals surface area contributed by atoms with E-state index in [0.717, 1.165) is 17.2 Å². The van der Waals surface area contributed by atoms with Crippen LogP contribution in [0.25, 0.3) is 16.8 Å². The number of para-hydroxylation sites is 1. The molecule has 4 aromatic rings. The molecule has 3 aromatic carbocycles. The lowest BCUT2D eigenvalue weighted by Crippen LogP contribution is -2.33. The molecule has 0 saturated heterocycles. The first-order chi connectivity index (χ1) is 19.8. The van der Waals surface area contributed by atoms with Gasteiger partial charge in [0.05, 0.1) is 22.7 Å². The molecular weight excluding hydrogens is 569 g/mol. The van der Waals surface area contributed by atoms with Gasteiger partial charge in [-0.15, -0.1) is 5.10 Å². The minimum atomic E-state index is -4.67. The molecule has 1 aromatic heterocycles. The summed E-state index contributed by atoms with van der Waals surface area (Å²) in [6.07, 6.45) is -2.78. The highest BCUT2D eigenvalue weighted by Gasteiger charge is 2.35. The van der Waals surface area contributed by atoms with Crippen LogP contribution in [0.5, 0.6) is 0 Å². The molecule has 0 aliphatic rings. The van der Waals surface area contributed by atoms with E-state index >= 15 is 0 Å². The van der Waals surface area contributed by atoms with Crippen LogP contribution in [0.1, 0.15) is 50.6 Å². The van der Waals surface area contributed by atoms with Crippen molar-refractivity contribution in [2.24, 2.45) is 5.92 Å². The van der Waals surface area contributed by atoms with Gasteiger partial charge in [-0.3, -0.25) is 9.36 Å². The van der Waals surface area contributed by atoms with Crippen molar-refractivity contribution in [1.29, 1.82) is 0 Å². The Labute approximate surface area is 241 Å². The second-order valence-electron chi connectivity index (χ2n) is 10.1. The van der Waals surface area contributed by atoms with Gasteiger partial charge < -0.3 is 0 Å². The van der Waals surface area contributed by atoms with Crippen LogP contribution in [0.4, 0.5) is 13.2 Å². The lowest BCUT2D eigenvalue weighted by Gasteiger charge is -2.13. The fourth-order valence-electron chi connectivity index (χ4n) is 4.39. The number of sulfonamides is 1. The summed E-state index contributed by atoms with van der Waals surface area (Å²) < 4.78 is 71.3. The molecule has 0 bridgehead atoms. The number of hydrogen-bond donors (Lipinski definition) is 1. The fourth-order valence-corrected chi connectivity index (χ4v) is 5.73. The van der Waals surface area contributed by atoms with Gasteiger partial charge in [-0.05, 0) is 35.7 Å². The molecule has 1 heterocycles. The van der Waals surface area contributed by atoms with Gasteiger partial charge in [0.15, 0.2) is 0 Å². The van der Waals surface area contributed by atoms with Crippen LogP contribution in [0.2, 0.25) is 0 Å². The number of alkyl halides is 3. The monoisotopic (exact) mass is 600 g/mol. The van der Waals surface area contributed by atoms with Crippen LogP contribution in [0.3, 0.4) is 0 Å². The Morgan fingerprint density at radius 1 is 0.976 bits per heavy atom. The van der Waals surface area contributed by atoms with Gasteiger partial charge >= 0.3 is 11.9 Å². The predicted molar refractivity (Wildman–Crippen MR) is 153 cm³/mol. The summed E-state index contributed by atoms with van der Waals surface area (Å²) in [6.45, 7) is 5.20. The van der Waals surface area contributed by atoms with E-state index in [9.17, 15) is 31.2 Å². The number of aromatic nitrogens is 3. The van der Waals surface area contributed by atoms with Crippen molar-refractivity contribution in [3.8, 4) is 16.8 Å². The van der Waals surface area contributed by atoms with Crippen LogP contribution < -0.4 is 10.4 Å². The third kappa shape index (κ3) is 6.64. The minimum Gasteiger partial charge on any atom is -0.274 e. The minimum absolute atomic E-state index is 0.0523. The molecule has 1 amide bonds. The maximum atomic E-state index is 13.7. The summed E-state index contributed by atoms with van der Waals surface area (Å²) in [4.78, 5) is 25.4. The van der Waals surface area contributed by atoms with E-state index < -0.39 is 39.3 Å². The standard InChI is InChI=1S/C30H31F3N4O4S/c1-4-5-14-27-34-37(25-12-8-7-11-24(25)30(31,32)33)29(39)36(27)19-21-15-17-22(18-16-21)23-10-6-9-13-26(23)42(40,41)35-28(38)20(2)3/h6-13,15-18,20H,4-5,14,19H2,1-3H3,(H,35,38). The Kier molecular flexibility index (Phi) is 9.05. The number of nitrogens with zero attached hydrogens (tertiary/aromatic N) is 3. The van der Waals surface area contributed by atoms with E-state index in [1.807, 2.05) is 6.92 Å². The van der Waals surface area contributed by atoms with Gasteiger partial charge in [-0.25, -0.2) is 17.9 Å². The summed E-state index contributed by atoms with van der Waals surface area (Å²) in [6, 6.07) is 17.9. The molecule has 0 radical (unpaired) electrons. The zero-order chi connectivity index (χ0) is 30.7. The van der Waals surface area contributed by atoms with Crippen LogP contribution in [-0.4, -0.2) is 28.7 Å². The molecule has 0 atom stereocenters. The Hall–Kier alpha value is -4.19. The normalized spacial score (nSPS) is 12.1. The smallest absolute Gasteiger partial charge is 0.274 e. The summed E-state index contributed by atoms with van der Waals surface area (Å²) >= 11 is 0. The highest BCUT2D eigenvalue weighted by molar-refractivity contribution is 7.90. The van der Waals surface area contributed by atoms with Crippen LogP contribution >= 0.6 is 0 Å². The van der Waals surface area contributed by atoms with Crippen molar-refractivity contribution < 1.29 is 26.4 Å². The number of hydrogen-bond acceptors (Lipinski definition) is 5. The number of amides is 1. The number of benzene rings is 3. The molecule has 0 fully saturated rings. The summed E-state index contributed by atoms with van der Waals surface area (Å²) in [7, 11) is -4.14. The van der Waals surface area contributed by atoms with E-state index in [4.69, 9.17) is 0 Å². The third-order valence-electron chi connectivity index (χ3n) is 6.67. The van der Waals surface area contributed by atoms with Gasteiger partial charge in [0, 0.05) is 17.9 Å². The highest BCUT2D eigenvalue weighted by Crippen LogP contribution is 2.33. The van der Waals surface area contributed by atoms with Crippen LogP contribution in [0, 0.1) is 5.92 Å². The summed E-state index contributed by atoms with van der Waals surface area (Å²) in [5.74, 6) is -0.786. The molecule has 0 spiro atoms. The van der Waals surface area contributed by atoms with E-state index in [-0.39, 0.29) is 17.1 Å². The molecule has 0 saturated carbocycles. The molecule has 42 heavy (non-hydrogen) atoms. The molecule has 0 aliphatic carbocycles. The zero-order valence-electron chi connectivity index (χ0n) is 23.4. The Bertz CT molecular complexity index is 1740. The van der Waals surface area contributed by atoms with Gasteiger partial charge in [0.25, 0.3) is 10.0 Å². The van der Waals surface area contributed by atoms with Crippen molar-refractivity contribution in [2.75, 3.05) is 0 Å². The van der Waals surface area contributed by atoms with Crippen molar-refractivity contribution in [3.05, 3.63) is 100 Å². The Balaban J connectivity index is 1.69. The lowest BCUT2D eigenvalue weighted by atomic mass is 10.0. The molecule has 0 unspecified atom stereocenters. The fraction of sp³-hybridized carbons (Fsp3) is 0.300. The number of carbonyl (C=O) groups is 1. The van der Waals surface area contributed by atoms with Gasteiger partial charge in [-0.1, -0.05) is 81.8 Å². The largest absolute Gasteiger partial charge is 0.418 e. The maximum absolute atomic E-state index is 13.7. The van der Waals surface area contributed by atoms with Crippen molar-refractivity contribution in [3.63, 3.8) is 0 Å². The summed E-state index contributed by atoms with van der Waals surface area (Å²) in [5, 5.41) is 4.29. The van der Waals surface area contributed by atoms with Gasteiger partial charge in [0.2, 0.25) is 5.91 Å². The molecule has 222 valence electrons.